The minimum Gasteiger partial charge on any atom is -0.425 e. The smallest absolute Gasteiger partial charge is 0.305 e. The predicted molar refractivity (Wildman–Crippen MR) is 69.8 cm³/mol. The van der Waals surface area contributed by atoms with E-state index in [0.717, 1.165) is 25.7 Å². The van der Waals surface area contributed by atoms with Crippen molar-refractivity contribution in [3.8, 4) is 0 Å². The Morgan fingerprint density at radius 1 is 1.00 bits per heavy atom. The van der Waals surface area contributed by atoms with E-state index in [1.165, 1.54) is 26.7 Å². The van der Waals surface area contributed by atoms with Gasteiger partial charge < -0.3 is 9.47 Å². The van der Waals surface area contributed by atoms with Gasteiger partial charge in [0.1, 0.15) is 0 Å². The van der Waals surface area contributed by atoms with E-state index in [-0.39, 0.29) is 0 Å². The summed E-state index contributed by atoms with van der Waals surface area (Å²) in [5.74, 6) is -0.848. The lowest BCUT2D eigenvalue weighted by molar-refractivity contribution is -0.185. The third-order valence-corrected chi connectivity index (χ3v) is 2.44. The van der Waals surface area contributed by atoms with Crippen LogP contribution in [0.15, 0.2) is 12.7 Å². The molecule has 0 saturated carbocycles. The van der Waals surface area contributed by atoms with Crippen LogP contribution in [0.5, 0.6) is 0 Å². The van der Waals surface area contributed by atoms with Crippen molar-refractivity contribution < 1.29 is 19.1 Å². The van der Waals surface area contributed by atoms with Crippen molar-refractivity contribution in [3.63, 3.8) is 0 Å². The van der Waals surface area contributed by atoms with Crippen LogP contribution in [0.4, 0.5) is 0 Å². The molecule has 0 aromatic heterocycles. The number of unbranched alkanes of at least 4 members (excludes halogenated alkanes) is 5. The van der Waals surface area contributed by atoms with Crippen LogP contribution in [0.25, 0.3) is 0 Å². The van der Waals surface area contributed by atoms with E-state index in [0.29, 0.717) is 6.42 Å². The topological polar surface area (TPSA) is 52.6 Å². The van der Waals surface area contributed by atoms with Crippen molar-refractivity contribution in [1.29, 1.82) is 0 Å². The number of ether oxygens (including phenoxy) is 2. The molecule has 0 aromatic rings. The molecular weight excluding hydrogens is 232 g/mol. The summed E-state index contributed by atoms with van der Waals surface area (Å²) in [7, 11) is 0. The zero-order chi connectivity index (χ0) is 13.8. The summed E-state index contributed by atoms with van der Waals surface area (Å²) in [6.07, 6.45) is 8.25. The van der Waals surface area contributed by atoms with Gasteiger partial charge in [-0.05, 0) is 19.3 Å². The molecule has 0 saturated heterocycles. The zero-order valence-electron chi connectivity index (χ0n) is 11.4. The summed E-state index contributed by atoms with van der Waals surface area (Å²) in [6.45, 7) is 6.30. The molecule has 0 aromatic carbocycles. The van der Waals surface area contributed by atoms with E-state index in [9.17, 15) is 9.59 Å². The number of allylic oxidation sites excluding steroid dienone is 1. The molecule has 0 aliphatic heterocycles. The second-order valence-electron chi connectivity index (χ2n) is 4.28. The molecule has 0 atom stereocenters. The lowest BCUT2D eigenvalue weighted by Gasteiger charge is -2.16. The molecule has 0 radical (unpaired) electrons. The summed E-state index contributed by atoms with van der Waals surface area (Å²) < 4.78 is 9.82. The molecule has 4 nitrogen and oxygen atoms in total. The first-order chi connectivity index (χ1) is 8.56. The Morgan fingerprint density at radius 2 is 1.50 bits per heavy atom. The average molecular weight is 256 g/mol. The molecular formula is C14H24O4. The molecule has 0 aliphatic carbocycles. The van der Waals surface area contributed by atoms with Crippen LogP contribution >= 0.6 is 0 Å². The van der Waals surface area contributed by atoms with Crippen LogP contribution in [0, 0.1) is 0 Å². The van der Waals surface area contributed by atoms with Crippen LogP contribution in [-0.2, 0) is 19.1 Å². The van der Waals surface area contributed by atoms with E-state index in [1.54, 1.807) is 0 Å². The molecule has 104 valence electrons. The highest BCUT2D eigenvalue weighted by Gasteiger charge is 2.14. The summed E-state index contributed by atoms with van der Waals surface area (Å²) >= 11 is 0. The van der Waals surface area contributed by atoms with Gasteiger partial charge in [-0.1, -0.05) is 25.3 Å². The van der Waals surface area contributed by atoms with Gasteiger partial charge in [-0.25, -0.2) is 0 Å². The average Bonchev–Trinajstić information content (AvgIpc) is 2.26. The van der Waals surface area contributed by atoms with Crippen molar-refractivity contribution in [2.75, 3.05) is 0 Å². The van der Waals surface area contributed by atoms with Crippen LogP contribution in [0.2, 0.25) is 0 Å². The van der Waals surface area contributed by atoms with Gasteiger partial charge in [-0.2, -0.15) is 0 Å². The lowest BCUT2D eigenvalue weighted by atomic mass is 10.1. The Labute approximate surface area is 109 Å². The van der Waals surface area contributed by atoms with Gasteiger partial charge in [0.2, 0.25) is 6.29 Å². The molecule has 0 bridgehead atoms. The summed E-state index contributed by atoms with van der Waals surface area (Å²) in [6, 6.07) is 0. The van der Waals surface area contributed by atoms with Crippen molar-refractivity contribution >= 4 is 11.9 Å². The normalized spacial score (nSPS) is 10.2. The Hall–Kier alpha value is -1.32. The Morgan fingerprint density at radius 3 is 2.00 bits per heavy atom. The molecule has 18 heavy (non-hydrogen) atoms. The highest BCUT2D eigenvalue weighted by Crippen LogP contribution is 2.12. The van der Waals surface area contributed by atoms with Gasteiger partial charge in [-0.3, -0.25) is 9.59 Å². The lowest BCUT2D eigenvalue weighted by Crippen LogP contribution is -2.22. The molecule has 4 heteroatoms. The largest absolute Gasteiger partial charge is 0.425 e. The van der Waals surface area contributed by atoms with E-state index >= 15 is 0 Å². The highest BCUT2D eigenvalue weighted by atomic mass is 16.7. The second kappa shape index (κ2) is 10.8. The van der Waals surface area contributed by atoms with Crippen LogP contribution in [0.1, 0.15) is 58.8 Å². The predicted octanol–water partition coefficient (Wildman–Crippen LogP) is 3.36. The fraction of sp³-hybridized carbons (Fsp3) is 0.714. The fourth-order valence-electron chi connectivity index (χ4n) is 1.64. The molecule has 0 N–H and O–H groups in total. The molecule has 0 aliphatic rings. The quantitative estimate of drug-likeness (QED) is 0.260. The van der Waals surface area contributed by atoms with E-state index in [4.69, 9.17) is 9.47 Å². The SMILES string of the molecule is C=CCCCCCCCC(OC(C)=O)OC(C)=O. The van der Waals surface area contributed by atoms with Crippen molar-refractivity contribution in [2.24, 2.45) is 0 Å². The zero-order valence-corrected chi connectivity index (χ0v) is 11.4. The number of hydrogen-bond acceptors (Lipinski definition) is 4. The first-order valence-electron chi connectivity index (χ1n) is 6.51. The molecule has 0 fully saturated rings. The van der Waals surface area contributed by atoms with Gasteiger partial charge in [0, 0.05) is 20.3 Å². The second-order valence-corrected chi connectivity index (χ2v) is 4.28. The van der Waals surface area contributed by atoms with E-state index < -0.39 is 18.2 Å². The number of rotatable bonds is 10. The standard InChI is InChI=1S/C14H24O4/c1-4-5-6-7-8-9-10-11-14(17-12(2)15)18-13(3)16/h4,14H,1,5-11H2,2-3H3. The minimum atomic E-state index is -0.729. The van der Waals surface area contributed by atoms with Crippen molar-refractivity contribution in [2.45, 2.75) is 65.1 Å². The fourth-order valence-corrected chi connectivity index (χ4v) is 1.64. The summed E-state index contributed by atoms with van der Waals surface area (Å²) in [5, 5.41) is 0. The molecule has 0 rings (SSSR count). The van der Waals surface area contributed by atoms with E-state index in [2.05, 4.69) is 6.58 Å². The maximum atomic E-state index is 10.8. The Bertz CT molecular complexity index is 245. The van der Waals surface area contributed by atoms with Crippen LogP contribution in [0.3, 0.4) is 0 Å². The minimum absolute atomic E-state index is 0.424. The number of carbonyl (C=O) groups is 2. The summed E-state index contributed by atoms with van der Waals surface area (Å²) in [5.41, 5.74) is 0. The summed E-state index contributed by atoms with van der Waals surface area (Å²) in [4.78, 5) is 21.6. The Kier molecular flexibility index (Phi) is 10.0. The first kappa shape index (κ1) is 16.7. The van der Waals surface area contributed by atoms with Crippen LogP contribution < -0.4 is 0 Å². The van der Waals surface area contributed by atoms with E-state index in [1.807, 2.05) is 6.08 Å². The monoisotopic (exact) mass is 256 g/mol. The van der Waals surface area contributed by atoms with Gasteiger partial charge in [-0.15, -0.1) is 6.58 Å². The molecule has 0 spiro atoms. The van der Waals surface area contributed by atoms with Gasteiger partial charge in [0.25, 0.3) is 0 Å². The van der Waals surface area contributed by atoms with Crippen molar-refractivity contribution in [3.05, 3.63) is 12.7 Å². The molecule has 0 amide bonds. The third-order valence-electron chi connectivity index (χ3n) is 2.44. The number of carbonyl (C=O) groups excluding carboxylic acids is 2. The third kappa shape index (κ3) is 11.2. The molecule has 0 heterocycles. The first-order valence-corrected chi connectivity index (χ1v) is 6.51. The highest BCUT2D eigenvalue weighted by molar-refractivity contribution is 5.68. The molecule has 0 unspecified atom stereocenters. The number of hydrogen-bond donors (Lipinski definition) is 0. The maximum Gasteiger partial charge on any atom is 0.305 e. The van der Waals surface area contributed by atoms with Gasteiger partial charge >= 0.3 is 11.9 Å². The number of esters is 2. The van der Waals surface area contributed by atoms with Crippen molar-refractivity contribution in [1.82, 2.24) is 0 Å². The van der Waals surface area contributed by atoms with Crippen LogP contribution in [-0.4, -0.2) is 18.2 Å². The van der Waals surface area contributed by atoms with Gasteiger partial charge in [0.05, 0.1) is 0 Å². The maximum absolute atomic E-state index is 10.8. The van der Waals surface area contributed by atoms with Gasteiger partial charge in [0.15, 0.2) is 0 Å². The Balaban J connectivity index is 3.65.